The van der Waals surface area contributed by atoms with E-state index in [4.69, 9.17) is 9.73 Å². The fourth-order valence-corrected chi connectivity index (χ4v) is 3.79. The number of carbonyl (C=O) groups is 1. The van der Waals surface area contributed by atoms with Gasteiger partial charge in [-0.1, -0.05) is 18.2 Å². The highest BCUT2D eigenvalue weighted by Gasteiger charge is 2.46. The van der Waals surface area contributed by atoms with E-state index in [2.05, 4.69) is 10.2 Å². The molecule has 2 fully saturated rings. The minimum atomic E-state index is -0.157. The molecule has 28 heavy (non-hydrogen) atoms. The molecule has 0 radical (unpaired) electrons. The molecule has 0 unspecified atom stereocenters. The summed E-state index contributed by atoms with van der Waals surface area (Å²) in [5.74, 6) is 0.626. The van der Waals surface area contributed by atoms with Gasteiger partial charge >= 0.3 is 5.97 Å². The second kappa shape index (κ2) is 10.4. The average molecular weight is 503 g/mol. The van der Waals surface area contributed by atoms with Crippen LogP contribution in [-0.4, -0.2) is 49.6 Å². The van der Waals surface area contributed by atoms with E-state index in [0.717, 1.165) is 56.8 Å². The van der Waals surface area contributed by atoms with Gasteiger partial charge in [-0.05, 0) is 51.2 Å². The smallest absolute Gasteiger partial charge is 0.309 e. The summed E-state index contributed by atoms with van der Waals surface area (Å²) in [5, 5.41) is 3.35. The molecule has 0 aromatic heterocycles. The molecule has 1 aromatic carbocycles. The minimum absolute atomic E-state index is 0. The van der Waals surface area contributed by atoms with Crippen LogP contribution in [0.4, 0.5) is 4.39 Å². The SMILES string of the molecule is CCNC(=NCC1(c2ccccc2F)CC1)N1CCC(C(=O)OCC)CC1.I. The van der Waals surface area contributed by atoms with Gasteiger partial charge in [0, 0.05) is 25.0 Å². The minimum Gasteiger partial charge on any atom is -0.466 e. The molecule has 7 heteroatoms. The molecule has 0 amide bonds. The summed E-state index contributed by atoms with van der Waals surface area (Å²) in [5.41, 5.74) is 0.626. The van der Waals surface area contributed by atoms with Crippen molar-refractivity contribution in [3.05, 3.63) is 35.6 Å². The quantitative estimate of drug-likeness (QED) is 0.279. The molecular weight excluding hydrogens is 472 g/mol. The third-order valence-electron chi connectivity index (χ3n) is 5.58. The molecule has 5 nitrogen and oxygen atoms in total. The fraction of sp³-hybridized carbons (Fsp3) is 0.619. The Morgan fingerprint density at radius 1 is 1.29 bits per heavy atom. The highest BCUT2D eigenvalue weighted by atomic mass is 127. The standard InChI is InChI=1S/C21H30FN3O2.HI/c1-3-23-20(25-13-9-16(10-14-25)19(26)27-4-2)24-15-21(11-12-21)17-7-5-6-8-18(17)22;/h5-8,16H,3-4,9-15H2,1-2H3,(H,23,24);1H. The van der Waals surface area contributed by atoms with Gasteiger partial charge in [0.05, 0.1) is 19.1 Å². The molecule has 2 aliphatic rings. The van der Waals surface area contributed by atoms with Crippen LogP contribution in [-0.2, 0) is 14.9 Å². The summed E-state index contributed by atoms with van der Waals surface area (Å²) >= 11 is 0. The van der Waals surface area contributed by atoms with Crippen molar-refractivity contribution in [3.63, 3.8) is 0 Å². The molecule has 1 saturated carbocycles. The van der Waals surface area contributed by atoms with Crippen molar-refractivity contribution >= 4 is 35.9 Å². The Balaban J connectivity index is 0.00000280. The maximum absolute atomic E-state index is 14.2. The lowest BCUT2D eigenvalue weighted by Gasteiger charge is -2.33. The van der Waals surface area contributed by atoms with Crippen molar-refractivity contribution in [2.75, 3.05) is 32.8 Å². The maximum Gasteiger partial charge on any atom is 0.309 e. The van der Waals surface area contributed by atoms with E-state index in [9.17, 15) is 9.18 Å². The first kappa shape index (κ1) is 22.9. The molecular formula is C21H31FIN3O2. The van der Waals surface area contributed by atoms with Crippen molar-refractivity contribution in [1.29, 1.82) is 0 Å². The molecule has 1 heterocycles. The lowest BCUT2D eigenvalue weighted by atomic mass is 9.95. The Kier molecular flexibility index (Phi) is 8.52. The van der Waals surface area contributed by atoms with Gasteiger partial charge in [-0.3, -0.25) is 9.79 Å². The number of piperidine rings is 1. The number of hydrogen-bond acceptors (Lipinski definition) is 3. The molecule has 1 N–H and O–H groups in total. The first-order chi connectivity index (χ1) is 13.1. The van der Waals surface area contributed by atoms with Gasteiger partial charge in [0.15, 0.2) is 5.96 Å². The number of halogens is 2. The van der Waals surface area contributed by atoms with Gasteiger partial charge < -0.3 is 15.0 Å². The number of benzene rings is 1. The summed E-state index contributed by atoms with van der Waals surface area (Å²) in [6.45, 7) is 7.25. The number of carbonyl (C=O) groups excluding carboxylic acids is 1. The van der Waals surface area contributed by atoms with Crippen LogP contribution in [0, 0.1) is 11.7 Å². The third kappa shape index (κ3) is 5.36. The molecule has 1 aliphatic carbocycles. The van der Waals surface area contributed by atoms with Crippen molar-refractivity contribution in [2.45, 2.75) is 44.9 Å². The number of esters is 1. The Hall–Kier alpha value is -1.38. The second-order valence-electron chi connectivity index (χ2n) is 7.44. The van der Waals surface area contributed by atoms with E-state index in [-0.39, 0.29) is 47.1 Å². The van der Waals surface area contributed by atoms with Crippen LogP contribution < -0.4 is 5.32 Å². The van der Waals surface area contributed by atoms with E-state index in [1.165, 1.54) is 6.07 Å². The topological polar surface area (TPSA) is 53.9 Å². The van der Waals surface area contributed by atoms with Gasteiger partial charge in [0.25, 0.3) is 0 Å². The first-order valence-corrected chi connectivity index (χ1v) is 10.0. The van der Waals surface area contributed by atoms with Crippen LogP contribution in [0.5, 0.6) is 0 Å². The van der Waals surface area contributed by atoms with E-state index in [0.29, 0.717) is 13.2 Å². The average Bonchev–Trinajstić information content (AvgIpc) is 3.47. The van der Waals surface area contributed by atoms with Crippen LogP contribution in [0.1, 0.15) is 45.1 Å². The predicted molar refractivity (Wildman–Crippen MR) is 120 cm³/mol. The molecule has 0 bridgehead atoms. The second-order valence-corrected chi connectivity index (χ2v) is 7.44. The number of ether oxygens (including phenoxy) is 1. The molecule has 1 aromatic rings. The van der Waals surface area contributed by atoms with Crippen LogP contribution in [0.25, 0.3) is 0 Å². The normalized spacial score (nSPS) is 19.0. The Labute approximate surface area is 184 Å². The number of rotatable bonds is 6. The Morgan fingerprint density at radius 3 is 2.54 bits per heavy atom. The molecule has 156 valence electrons. The summed E-state index contributed by atoms with van der Waals surface area (Å²) in [6, 6.07) is 7.05. The zero-order chi connectivity index (χ0) is 19.3. The van der Waals surface area contributed by atoms with E-state index in [1.807, 2.05) is 26.0 Å². The highest BCUT2D eigenvalue weighted by Crippen LogP contribution is 2.49. The number of likely N-dealkylation sites (tertiary alicyclic amines) is 1. The fourth-order valence-electron chi connectivity index (χ4n) is 3.79. The van der Waals surface area contributed by atoms with Crippen LogP contribution in [0.3, 0.4) is 0 Å². The van der Waals surface area contributed by atoms with Crippen LogP contribution in [0.15, 0.2) is 29.3 Å². The van der Waals surface area contributed by atoms with Gasteiger partial charge in [0.2, 0.25) is 0 Å². The summed E-state index contributed by atoms with van der Waals surface area (Å²) in [7, 11) is 0. The predicted octanol–water partition coefficient (Wildman–Crippen LogP) is 3.72. The van der Waals surface area contributed by atoms with E-state index >= 15 is 0 Å². The highest BCUT2D eigenvalue weighted by molar-refractivity contribution is 14.0. The van der Waals surface area contributed by atoms with Crippen LogP contribution >= 0.6 is 24.0 Å². The van der Waals surface area contributed by atoms with Crippen molar-refractivity contribution < 1.29 is 13.9 Å². The lowest BCUT2D eigenvalue weighted by molar-refractivity contribution is -0.149. The number of guanidine groups is 1. The summed E-state index contributed by atoms with van der Waals surface area (Å²) in [6.07, 6.45) is 3.51. The molecule has 3 rings (SSSR count). The van der Waals surface area contributed by atoms with Gasteiger partial charge in [-0.25, -0.2) is 4.39 Å². The molecule has 0 atom stereocenters. The zero-order valence-electron chi connectivity index (χ0n) is 16.7. The van der Waals surface area contributed by atoms with Gasteiger partial charge in [-0.2, -0.15) is 0 Å². The van der Waals surface area contributed by atoms with Gasteiger partial charge in [-0.15, -0.1) is 24.0 Å². The number of hydrogen-bond donors (Lipinski definition) is 1. The zero-order valence-corrected chi connectivity index (χ0v) is 19.1. The first-order valence-electron chi connectivity index (χ1n) is 10.0. The summed E-state index contributed by atoms with van der Waals surface area (Å²) in [4.78, 5) is 19.0. The number of nitrogens with one attached hydrogen (secondary N) is 1. The molecule has 1 saturated heterocycles. The monoisotopic (exact) mass is 503 g/mol. The molecule has 0 spiro atoms. The Morgan fingerprint density at radius 2 is 1.96 bits per heavy atom. The van der Waals surface area contributed by atoms with Gasteiger partial charge in [0.1, 0.15) is 5.82 Å². The number of nitrogens with zero attached hydrogens (tertiary/aromatic N) is 2. The summed E-state index contributed by atoms with van der Waals surface area (Å²) < 4.78 is 19.4. The van der Waals surface area contributed by atoms with E-state index < -0.39 is 0 Å². The maximum atomic E-state index is 14.2. The third-order valence-corrected chi connectivity index (χ3v) is 5.58. The largest absolute Gasteiger partial charge is 0.466 e. The lowest BCUT2D eigenvalue weighted by Crippen LogP contribution is -2.47. The Bertz CT molecular complexity index is 686. The molecule has 1 aliphatic heterocycles. The van der Waals surface area contributed by atoms with Crippen molar-refractivity contribution in [2.24, 2.45) is 10.9 Å². The van der Waals surface area contributed by atoms with Crippen LogP contribution in [0.2, 0.25) is 0 Å². The van der Waals surface area contributed by atoms with Crippen molar-refractivity contribution in [1.82, 2.24) is 10.2 Å². The van der Waals surface area contributed by atoms with E-state index in [1.54, 1.807) is 6.07 Å². The number of aliphatic imine (C=N–C) groups is 1. The van der Waals surface area contributed by atoms with Crippen molar-refractivity contribution in [3.8, 4) is 0 Å².